The molecule has 0 radical (unpaired) electrons. The number of amides is 2. The summed E-state index contributed by atoms with van der Waals surface area (Å²) in [5.41, 5.74) is 1.02. The number of likely N-dealkylation sites (N-methyl/N-ethyl adjacent to an activating group) is 1. The van der Waals surface area contributed by atoms with Crippen molar-refractivity contribution in [3.8, 4) is 0 Å². The van der Waals surface area contributed by atoms with E-state index >= 15 is 0 Å². The Hall–Kier alpha value is -2.22. The zero-order valence-electron chi connectivity index (χ0n) is 13.3. The minimum Gasteiger partial charge on any atom is -0.450 e. The number of nitrogens with one attached hydrogen (secondary N) is 2. The summed E-state index contributed by atoms with van der Waals surface area (Å²) in [6, 6.07) is 4.65. The second kappa shape index (κ2) is 9.04. The number of ether oxygens (including phenoxy) is 1. The van der Waals surface area contributed by atoms with Crippen LogP contribution in [0.5, 0.6) is 0 Å². The van der Waals surface area contributed by atoms with Gasteiger partial charge >= 0.3 is 6.09 Å². The van der Waals surface area contributed by atoms with Crippen LogP contribution in [0.1, 0.15) is 19.4 Å². The van der Waals surface area contributed by atoms with Crippen LogP contribution in [0.2, 0.25) is 0 Å². The second-order valence-electron chi connectivity index (χ2n) is 4.68. The molecule has 0 aliphatic rings. The number of benzene rings is 1. The van der Waals surface area contributed by atoms with Crippen molar-refractivity contribution in [3.63, 3.8) is 0 Å². The van der Waals surface area contributed by atoms with Crippen LogP contribution in [0, 0.1) is 12.7 Å². The van der Waals surface area contributed by atoms with E-state index in [0.717, 1.165) is 0 Å². The fourth-order valence-electron chi connectivity index (χ4n) is 1.69. The van der Waals surface area contributed by atoms with Crippen LogP contribution in [0.25, 0.3) is 0 Å². The first-order valence-corrected chi connectivity index (χ1v) is 7.56. The summed E-state index contributed by atoms with van der Waals surface area (Å²) in [5, 5.41) is 5.22. The van der Waals surface area contributed by atoms with Crippen molar-refractivity contribution < 1.29 is 18.7 Å². The average Bonchev–Trinajstić information content (AvgIpc) is 2.48. The lowest BCUT2D eigenvalue weighted by Crippen LogP contribution is -2.44. The lowest BCUT2D eigenvalue weighted by Gasteiger charge is -2.23. The van der Waals surface area contributed by atoms with Gasteiger partial charge in [-0.25, -0.2) is 9.18 Å². The SMILES string of the molecule is CCOC(=O)NC(=O)CN(CC)C(=S)Nc1ccc(C)c(F)c1. The molecule has 0 saturated carbocycles. The van der Waals surface area contributed by atoms with E-state index in [-0.39, 0.29) is 24.1 Å². The van der Waals surface area contributed by atoms with Gasteiger partial charge in [0, 0.05) is 12.2 Å². The van der Waals surface area contributed by atoms with Gasteiger partial charge in [0.2, 0.25) is 5.91 Å². The fourth-order valence-corrected chi connectivity index (χ4v) is 2.01. The number of alkyl carbamates (subject to hydrolysis) is 1. The van der Waals surface area contributed by atoms with Crippen LogP contribution in [0.3, 0.4) is 0 Å². The predicted octanol–water partition coefficient (Wildman–Crippen LogP) is 2.43. The molecule has 2 N–H and O–H groups in total. The monoisotopic (exact) mass is 341 g/mol. The highest BCUT2D eigenvalue weighted by Gasteiger charge is 2.15. The van der Waals surface area contributed by atoms with Gasteiger partial charge < -0.3 is 15.0 Å². The molecule has 0 spiro atoms. The molecule has 1 aromatic rings. The number of hydrogen-bond acceptors (Lipinski definition) is 4. The molecule has 1 rings (SSSR count). The van der Waals surface area contributed by atoms with E-state index in [1.165, 1.54) is 6.07 Å². The molecule has 0 atom stereocenters. The Morgan fingerprint density at radius 2 is 2.04 bits per heavy atom. The lowest BCUT2D eigenvalue weighted by atomic mass is 10.2. The van der Waals surface area contributed by atoms with Gasteiger partial charge in [-0.3, -0.25) is 10.1 Å². The fraction of sp³-hybridized carbons (Fsp3) is 0.400. The standard InChI is InChI=1S/C15H20FN3O3S/c1-4-19(9-13(20)18-15(21)22-5-2)14(23)17-11-7-6-10(3)12(16)8-11/h6-8H,4-5,9H2,1-3H3,(H,17,23)(H,18,20,21). The van der Waals surface area contributed by atoms with Crippen LogP contribution in [0.4, 0.5) is 14.9 Å². The molecule has 6 nitrogen and oxygen atoms in total. The van der Waals surface area contributed by atoms with E-state index in [1.807, 2.05) is 0 Å². The quantitative estimate of drug-likeness (QED) is 0.802. The summed E-state index contributed by atoms with van der Waals surface area (Å²) in [5.74, 6) is -0.884. The molecule has 2 amide bonds. The molecule has 0 bridgehead atoms. The van der Waals surface area contributed by atoms with Crippen molar-refractivity contribution in [2.45, 2.75) is 20.8 Å². The average molecular weight is 341 g/mol. The van der Waals surface area contributed by atoms with Gasteiger partial charge in [0.25, 0.3) is 0 Å². The highest BCUT2D eigenvalue weighted by atomic mass is 32.1. The van der Waals surface area contributed by atoms with E-state index in [2.05, 4.69) is 15.4 Å². The van der Waals surface area contributed by atoms with Crippen molar-refractivity contribution >= 4 is 35.0 Å². The number of carbonyl (C=O) groups excluding carboxylic acids is 2. The highest BCUT2D eigenvalue weighted by Crippen LogP contribution is 2.14. The van der Waals surface area contributed by atoms with Crippen LogP contribution in [-0.4, -0.2) is 41.7 Å². The number of carbonyl (C=O) groups is 2. The number of anilines is 1. The molecule has 23 heavy (non-hydrogen) atoms. The number of aryl methyl sites for hydroxylation is 1. The first-order valence-electron chi connectivity index (χ1n) is 7.16. The summed E-state index contributed by atoms with van der Waals surface area (Å²) in [7, 11) is 0. The molecular weight excluding hydrogens is 321 g/mol. The van der Waals surface area contributed by atoms with E-state index in [0.29, 0.717) is 17.8 Å². The highest BCUT2D eigenvalue weighted by molar-refractivity contribution is 7.80. The van der Waals surface area contributed by atoms with Crippen molar-refractivity contribution in [2.75, 3.05) is 25.0 Å². The molecular formula is C15H20FN3O3S. The molecule has 8 heteroatoms. The number of hydrogen-bond donors (Lipinski definition) is 2. The van der Waals surface area contributed by atoms with Gasteiger partial charge in [0.05, 0.1) is 13.2 Å². The molecule has 0 unspecified atom stereocenters. The van der Waals surface area contributed by atoms with Crippen LogP contribution in [-0.2, 0) is 9.53 Å². The number of halogens is 1. The molecule has 0 aliphatic heterocycles. The zero-order chi connectivity index (χ0) is 17.4. The molecule has 0 aromatic heterocycles. The van der Waals surface area contributed by atoms with Gasteiger partial charge in [-0.15, -0.1) is 0 Å². The summed E-state index contributed by atoms with van der Waals surface area (Å²) in [6.07, 6.45) is -0.798. The van der Waals surface area contributed by atoms with E-state index in [9.17, 15) is 14.0 Å². The molecule has 0 heterocycles. The van der Waals surface area contributed by atoms with Gasteiger partial charge in [-0.1, -0.05) is 6.07 Å². The Balaban J connectivity index is 2.62. The number of nitrogens with zero attached hydrogens (tertiary/aromatic N) is 1. The molecule has 1 aromatic carbocycles. The van der Waals surface area contributed by atoms with Crippen molar-refractivity contribution in [3.05, 3.63) is 29.6 Å². The van der Waals surface area contributed by atoms with Crippen molar-refractivity contribution in [2.24, 2.45) is 0 Å². The molecule has 0 fully saturated rings. The topological polar surface area (TPSA) is 70.7 Å². The maximum Gasteiger partial charge on any atom is 0.413 e. The van der Waals surface area contributed by atoms with Crippen LogP contribution < -0.4 is 10.6 Å². The van der Waals surface area contributed by atoms with Crippen molar-refractivity contribution in [1.29, 1.82) is 0 Å². The molecule has 126 valence electrons. The van der Waals surface area contributed by atoms with Gasteiger partial charge in [-0.05, 0) is 50.7 Å². The van der Waals surface area contributed by atoms with Gasteiger partial charge in [0.15, 0.2) is 5.11 Å². The minimum atomic E-state index is -0.798. The van der Waals surface area contributed by atoms with Crippen LogP contribution in [0.15, 0.2) is 18.2 Å². The molecule has 0 aliphatic carbocycles. The number of thiocarbonyl (C=S) groups is 1. The largest absolute Gasteiger partial charge is 0.450 e. The van der Waals surface area contributed by atoms with Gasteiger partial charge in [0.1, 0.15) is 5.82 Å². The summed E-state index contributed by atoms with van der Waals surface area (Å²) < 4.78 is 18.2. The normalized spacial score (nSPS) is 9.91. The second-order valence-corrected chi connectivity index (χ2v) is 5.06. The maximum atomic E-state index is 13.5. The third-order valence-corrected chi connectivity index (χ3v) is 3.30. The van der Waals surface area contributed by atoms with E-state index in [4.69, 9.17) is 12.2 Å². The Bertz CT molecular complexity index is 595. The summed E-state index contributed by atoms with van der Waals surface area (Å²) in [4.78, 5) is 24.5. The zero-order valence-corrected chi connectivity index (χ0v) is 14.1. The summed E-state index contributed by atoms with van der Waals surface area (Å²) in [6.45, 7) is 5.61. The van der Waals surface area contributed by atoms with Crippen molar-refractivity contribution in [1.82, 2.24) is 10.2 Å². The Kier molecular flexibility index (Phi) is 7.40. The first-order chi connectivity index (χ1) is 10.9. The van der Waals surface area contributed by atoms with E-state index < -0.39 is 12.0 Å². The number of rotatable bonds is 5. The Morgan fingerprint density at radius 3 is 2.61 bits per heavy atom. The summed E-state index contributed by atoms with van der Waals surface area (Å²) >= 11 is 5.21. The Morgan fingerprint density at radius 1 is 1.35 bits per heavy atom. The lowest BCUT2D eigenvalue weighted by molar-refractivity contribution is -0.120. The molecule has 0 saturated heterocycles. The minimum absolute atomic E-state index is 0.116. The number of imide groups is 1. The third kappa shape index (κ3) is 6.19. The van der Waals surface area contributed by atoms with Crippen LogP contribution >= 0.6 is 12.2 Å². The smallest absolute Gasteiger partial charge is 0.413 e. The third-order valence-electron chi connectivity index (χ3n) is 2.94. The van der Waals surface area contributed by atoms with E-state index in [1.54, 1.807) is 37.8 Å². The van der Waals surface area contributed by atoms with Gasteiger partial charge in [-0.2, -0.15) is 0 Å². The maximum absolute atomic E-state index is 13.5. The first kappa shape index (κ1) is 18.8. The Labute approximate surface area is 140 Å². The predicted molar refractivity (Wildman–Crippen MR) is 89.8 cm³/mol.